The first-order valence-corrected chi connectivity index (χ1v) is 10.9. The summed E-state index contributed by atoms with van der Waals surface area (Å²) in [5, 5.41) is 33.8. The molecule has 33 heavy (non-hydrogen) atoms. The van der Waals surface area contributed by atoms with Crippen LogP contribution in [0.4, 0.5) is 17.3 Å². The Morgan fingerprint density at radius 3 is 2.61 bits per heavy atom. The van der Waals surface area contributed by atoms with Gasteiger partial charge in [0, 0.05) is 29.4 Å². The molecule has 2 atom stereocenters. The average molecular weight is 461 g/mol. The summed E-state index contributed by atoms with van der Waals surface area (Å²) in [6, 6.07) is 14.2. The van der Waals surface area contributed by atoms with Crippen LogP contribution in [0.3, 0.4) is 0 Å². The number of aryl methyl sites for hydroxylation is 1. The maximum absolute atomic E-state index is 10.2. The third-order valence-corrected chi connectivity index (χ3v) is 6.71. The highest BCUT2D eigenvalue weighted by atomic mass is 35.5. The number of piperidine rings is 1. The molecular weight excluding hydrogens is 436 g/mol. The van der Waals surface area contributed by atoms with Crippen LogP contribution in [0.1, 0.15) is 42.4 Å². The van der Waals surface area contributed by atoms with Crippen molar-refractivity contribution in [3.8, 4) is 6.07 Å². The summed E-state index contributed by atoms with van der Waals surface area (Å²) in [7, 11) is 0. The summed E-state index contributed by atoms with van der Waals surface area (Å²) in [5.41, 5.74) is 3.15. The zero-order valence-corrected chi connectivity index (χ0v) is 19.1. The molecule has 0 spiro atoms. The van der Waals surface area contributed by atoms with Gasteiger partial charge in [-0.3, -0.25) is 0 Å². The van der Waals surface area contributed by atoms with Crippen LogP contribution in [0.15, 0.2) is 36.4 Å². The predicted octanol–water partition coefficient (Wildman–Crippen LogP) is 4.89. The van der Waals surface area contributed by atoms with E-state index in [-0.39, 0.29) is 30.6 Å². The highest BCUT2D eigenvalue weighted by molar-refractivity contribution is 6.00. The monoisotopic (exact) mass is 460 g/mol. The summed E-state index contributed by atoms with van der Waals surface area (Å²) in [5.74, 6) is 1.46. The van der Waals surface area contributed by atoms with Crippen molar-refractivity contribution in [1.82, 2.24) is 10.2 Å². The number of rotatable bonds is 4. The molecular formula is C25H25ClN6O. The van der Waals surface area contributed by atoms with E-state index >= 15 is 0 Å². The van der Waals surface area contributed by atoms with Crippen molar-refractivity contribution in [2.75, 3.05) is 10.2 Å². The van der Waals surface area contributed by atoms with Gasteiger partial charge >= 0.3 is 0 Å². The smallest absolute Gasteiger partial charge is 0.188 e. The maximum Gasteiger partial charge on any atom is 0.188 e. The van der Waals surface area contributed by atoms with E-state index in [0.717, 1.165) is 53.4 Å². The second kappa shape index (κ2) is 9.23. The molecule has 2 bridgehead atoms. The number of nitrogens with one attached hydrogen (secondary N) is 1. The fourth-order valence-corrected chi connectivity index (χ4v) is 5.10. The van der Waals surface area contributed by atoms with Gasteiger partial charge in [-0.2, -0.15) is 5.26 Å². The van der Waals surface area contributed by atoms with Gasteiger partial charge in [-0.1, -0.05) is 24.3 Å². The Labute approximate surface area is 199 Å². The molecule has 0 aliphatic carbocycles. The van der Waals surface area contributed by atoms with E-state index in [9.17, 15) is 10.4 Å². The second-order valence-electron chi connectivity index (χ2n) is 8.75. The first-order valence-electron chi connectivity index (χ1n) is 10.9. The molecule has 0 radical (unpaired) electrons. The zero-order valence-electron chi connectivity index (χ0n) is 18.3. The lowest BCUT2D eigenvalue weighted by atomic mass is 9.99. The molecule has 2 fully saturated rings. The third-order valence-electron chi connectivity index (χ3n) is 6.71. The average Bonchev–Trinajstić information content (AvgIpc) is 3.08. The molecule has 0 amide bonds. The van der Waals surface area contributed by atoms with Crippen molar-refractivity contribution in [2.45, 2.75) is 57.3 Å². The van der Waals surface area contributed by atoms with E-state index in [1.807, 2.05) is 43.3 Å². The number of aliphatic hydroxyl groups excluding tert-OH is 1. The lowest BCUT2D eigenvalue weighted by Crippen LogP contribution is -2.45. The molecule has 3 heterocycles. The van der Waals surface area contributed by atoms with Crippen LogP contribution >= 0.6 is 12.4 Å². The van der Waals surface area contributed by atoms with E-state index < -0.39 is 0 Å². The van der Waals surface area contributed by atoms with Crippen LogP contribution in [-0.2, 0) is 6.54 Å². The first kappa shape index (κ1) is 22.8. The van der Waals surface area contributed by atoms with Gasteiger partial charge in [0.25, 0.3) is 0 Å². The topological polar surface area (TPSA) is 89.4 Å². The van der Waals surface area contributed by atoms with Gasteiger partial charge in [-0.05, 0) is 55.9 Å². The minimum absolute atomic E-state index is 0. The van der Waals surface area contributed by atoms with E-state index in [1.54, 1.807) is 0 Å². The summed E-state index contributed by atoms with van der Waals surface area (Å²) in [6.07, 6.45) is 3.38. The lowest BCUT2D eigenvalue weighted by Gasteiger charge is -2.38. The molecule has 0 saturated carbocycles. The molecule has 1 aromatic heterocycles. The molecule has 2 aliphatic rings. The van der Waals surface area contributed by atoms with Crippen molar-refractivity contribution in [2.24, 2.45) is 0 Å². The summed E-state index contributed by atoms with van der Waals surface area (Å²) in [4.78, 5) is 5.93. The summed E-state index contributed by atoms with van der Waals surface area (Å²) >= 11 is 0. The lowest BCUT2D eigenvalue weighted by molar-refractivity contribution is 0.126. The third kappa shape index (κ3) is 4.18. The van der Waals surface area contributed by atoms with Crippen molar-refractivity contribution < 1.29 is 5.11 Å². The number of hydrogen-bond acceptors (Lipinski definition) is 6. The molecule has 7 nitrogen and oxygen atoms in total. The molecule has 5 rings (SSSR count). The Bertz CT molecular complexity index is 1270. The van der Waals surface area contributed by atoms with Crippen LogP contribution < -0.4 is 10.2 Å². The summed E-state index contributed by atoms with van der Waals surface area (Å²) < 4.78 is 0. The Morgan fingerprint density at radius 1 is 1.15 bits per heavy atom. The van der Waals surface area contributed by atoms with Crippen molar-refractivity contribution in [3.05, 3.63) is 64.5 Å². The molecule has 8 heteroatoms. The van der Waals surface area contributed by atoms with Crippen LogP contribution in [0.5, 0.6) is 0 Å². The molecule has 3 aromatic rings. The predicted molar refractivity (Wildman–Crippen MR) is 131 cm³/mol. The van der Waals surface area contributed by atoms with Crippen molar-refractivity contribution in [1.29, 1.82) is 5.26 Å². The minimum Gasteiger partial charge on any atom is -0.393 e. The normalized spacial score (nSPS) is 21.2. The van der Waals surface area contributed by atoms with Gasteiger partial charge in [0.15, 0.2) is 17.3 Å². The minimum atomic E-state index is -0.245. The SMILES string of the molecule is Cl.[C-]#[N+]c1ccc2c(N3C4CCC3CC(O)C4)nnc(NCc3ccc(C)c(C#N)c3)c2c1. The Kier molecular flexibility index (Phi) is 6.37. The molecule has 2 aliphatic heterocycles. The van der Waals surface area contributed by atoms with Crippen molar-refractivity contribution in [3.63, 3.8) is 0 Å². The Balaban J connectivity index is 0.00000259. The van der Waals surface area contributed by atoms with Gasteiger partial charge < -0.3 is 15.3 Å². The number of nitriles is 1. The first-order chi connectivity index (χ1) is 15.6. The number of halogens is 1. The quantitative estimate of drug-likeness (QED) is 0.539. The number of fused-ring (bicyclic) bond motifs is 3. The Morgan fingerprint density at radius 2 is 1.91 bits per heavy atom. The summed E-state index contributed by atoms with van der Waals surface area (Å²) in [6.45, 7) is 9.86. The van der Waals surface area contributed by atoms with Crippen LogP contribution in [0.25, 0.3) is 15.6 Å². The van der Waals surface area contributed by atoms with Gasteiger partial charge in [0.05, 0.1) is 24.3 Å². The molecule has 2 N–H and O–H groups in total. The number of anilines is 2. The molecule has 2 aromatic carbocycles. The molecule has 168 valence electrons. The largest absolute Gasteiger partial charge is 0.393 e. The number of aromatic nitrogens is 2. The zero-order chi connectivity index (χ0) is 22.2. The fraction of sp³-hybridized carbons (Fsp3) is 0.360. The number of aliphatic hydroxyl groups is 1. The maximum atomic E-state index is 10.2. The standard InChI is InChI=1S/C25H24N6O.ClH/c1-15-3-4-16(9-17(15)13-26)14-28-24-23-10-18(27-2)5-8-22(23)25(30-29-24)31-19-6-7-20(31)12-21(32)11-19;/h3-5,8-10,19-21,32H,6-7,11-12,14H2,1H3,(H,28,29);1H. The van der Waals surface area contributed by atoms with Gasteiger partial charge in [0.1, 0.15) is 0 Å². The molecule has 2 unspecified atom stereocenters. The van der Waals surface area contributed by atoms with Gasteiger partial charge in [0.2, 0.25) is 0 Å². The fourth-order valence-electron chi connectivity index (χ4n) is 5.10. The number of nitrogens with zero attached hydrogens (tertiary/aromatic N) is 5. The van der Waals surface area contributed by atoms with Crippen molar-refractivity contribution >= 4 is 40.5 Å². The van der Waals surface area contributed by atoms with E-state index in [2.05, 4.69) is 31.3 Å². The van der Waals surface area contributed by atoms with Crippen LogP contribution in [0, 0.1) is 24.8 Å². The highest BCUT2D eigenvalue weighted by Crippen LogP contribution is 2.42. The highest BCUT2D eigenvalue weighted by Gasteiger charge is 2.41. The number of benzene rings is 2. The van der Waals surface area contributed by atoms with Gasteiger partial charge in [-0.25, -0.2) is 4.85 Å². The Hall–Kier alpha value is -3.39. The van der Waals surface area contributed by atoms with Crippen LogP contribution in [0.2, 0.25) is 0 Å². The number of hydrogen-bond donors (Lipinski definition) is 2. The second-order valence-corrected chi connectivity index (χ2v) is 8.75. The van der Waals surface area contributed by atoms with E-state index in [0.29, 0.717) is 23.6 Å². The van der Waals surface area contributed by atoms with E-state index in [1.165, 1.54) is 0 Å². The molecule has 2 saturated heterocycles. The van der Waals surface area contributed by atoms with Gasteiger partial charge in [-0.15, -0.1) is 22.6 Å². The van der Waals surface area contributed by atoms with E-state index in [4.69, 9.17) is 6.57 Å². The van der Waals surface area contributed by atoms with Crippen LogP contribution in [-0.4, -0.2) is 33.5 Å².